The highest BCUT2D eigenvalue weighted by Gasteiger charge is 2.30. The van der Waals surface area contributed by atoms with Gasteiger partial charge in [0.25, 0.3) is 5.91 Å². The van der Waals surface area contributed by atoms with Gasteiger partial charge in [0, 0.05) is 26.2 Å². The summed E-state index contributed by atoms with van der Waals surface area (Å²) in [6, 6.07) is 8.72. The summed E-state index contributed by atoms with van der Waals surface area (Å²) in [4.78, 5) is 12.2. The van der Waals surface area contributed by atoms with Crippen LogP contribution in [0.5, 0.6) is 5.75 Å². The predicted octanol–water partition coefficient (Wildman–Crippen LogP) is 2.94. The third-order valence-electron chi connectivity index (χ3n) is 4.16. The molecule has 2 aromatic rings. The first-order chi connectivity index (χ1) is 13.5. The smallest absolute Gasteiger partial charge is 0.416 e. The molecule has 0 aliphatic heterocycles. The maximum atomic E-state index is 12.6. The Bertz CT molecular complexity index is 972. The molecule has 0 aliphatic carbocycles. The molecule has 1 amide bonds. The van der Waals surface area contributed by atoms with Gasteiger partial charge >= 0.3 is 6.18 Å². The molecule has 0 fully saturated rings. The van der Waals surface area contributed by atoms with Gasteiger partial charge in [-0.3, -0.25) is 4.79 Å². The number of nitrogens with zero attached hydrogens (tertiary/aromatic N) is 1. The minimum absolute atomic E-state index is 0.111. The van der Waals surface area contributed by atoms with Gasteiger partial charge in [-0.25, -0.2) is 12.7 Å². The number of hydrogen-bond acceptors (Lipinski definition) is 4. The van der Waals surface area contributed by atoms with Crippen LogP contribution in [0.25, 0.3) is 0 Å². The number of hydrogen-bond donors (Lipinski definition) is 1. The minimum atomic E-state index is -4.40. The van der Waals surface area contributed by atoms with E-state index in [1.54, 1.807) is 0 Å². The number of sulfonamides is 1. The topological polar surface area (TPSA) is 75.7 Å². The third kappa shape index (κ3) is 5.48. The van der Waals surface area contributed by atoms with Crippen LogP contribution in [0.1, 0.15) is 21.5 Å². The van der Waals surface area contributed by atoms with Crippen LogP contribution in [-0.2, 0) is 22.6 Å². The molecular formula is C19H21F3N2O4S. The van der Waals surface area contributed by atoms with E-state index in [-0.39, 0.29) is 22.8 Å². The average molecular weight is 430 g/mol. The number of carbonyl (C=O) groups is 1. The fraction of sp³-hybridized carbons (Fsp3) is 0.316. The number of benzene rings is 2. The summed E-state index contributed by atoms with van der Waals surface area (Å²) in [5, 5.41) is 2.63. The molecule has 0 saturated carbocycles. The molecule has 2 rings (SSSR count). The number of amides is 1. The molecule has 0 atom stereocenters. The first-order valence-electron chi connectivity index (χ1n) is 8.51. The highest BCUT2D eigenvalue weighted by Crippen LogP contribution is 2.29. The lowest BCUT2D eigenvalue weighted by Crippen LogP contribution is -2.27. The second-order valence-electron chi connectivity index (χ2n) is 6.35. The van der Waals surface area contributed by atoms with E-state index in [1.807, 2.05) is 0 Å². The predicted molar refractivity (Wildman–Crippen MR) is 101 cm³/mol. The Kier molecular flexibility index (Phi) is 6.91. The van der Waals surface area contributed by atoms with Crippen molar-refractivity contribution in [2.24, 2.45) is 0 Å². The quantitative estimate of drug-likeness (QED) is 0.733. The number of methoxy groups -OCH3 is 1. The molecule has 2 aromatic carbocycles. The van der Waals surface area contributed by atoms with Gasteiger partial charge in [-0.2, -0.15) is 13.2 Å². The summed E-state index contributed by atoms with van der Waals surface area (Å²) in [5.41, 5.74) is 0.0145. The van der Waals surface area contributed by atoms with Gasteiger partial charge in [0.05, 0.1) is 12.7 Å². The van der Waals surface area contributed by atoms with Crippen LogP contribution in [0.4, 0.5) is 13.2 Å². The summed E-state index contributed by atoms with van der Waals surface area (Å²) in [6.45, 7) is 0.173. The monoisotopic (exact) mass is 430 g/mol. The van der Waals surface area contributed by atoms with Crippen LogP contribution < -0.4 is 10.1 Å². The van der Waals surface area contributed by atoms with Crippen molar-refractivity contribution in [2.75, 3.05) is 27.7 Å². The molecule has 0 heterocycles. The number of carbonyl (C=O) groups excluding carboxylic acids is 1. The summed E-state index contributed by atoms with van der Waals surface area (Å²) in [6.07, 6.45) is -4.07. The Hall–Kier alpha value is -2.59. The van der Waals surface area contributed by atoms with Crippen molar-refractivity contribution in [1.29, 1.82) is 0 Å². The van der Waals surface area contributed by atoms with E-state index in [1.165, 1.54) is 51.5 Å². The van der Waals surface area contributed by atoms with Crippen LogP contribution >= 0.6 is 0 Å². The number of rotatable bonds is 7. The van der Waals surface area contributed by atoms with Crippen LogP contribution in [0.15, 0.2) is 47.4 Å². The maximum absolute atomic E-state index is 12.6. The molecule has 29 heavy (non-hydrogen) atoms. The van der Waals surface area contributed by atoms with E-state index in [9.17, 15) is 26.4 Å². The molecule has 0 saturated heterocycles. The minimum Gasteiger partial charge on any atom is -0.495 e. The van der Waals surface area contributed by atoms with Crippen LogP contribution in [0, 0.1) is 0 Å². The first kappa shape index (κ1) is 22.7. The lowest BCUT2D eigenvalue weighted by Gasteiger charge is -2.15. The Morgan fingerprint density at radius 2 is 1.72 bits per heavy atom. The van der Waals surface area contributed by atoms with Crippen molar-refractivity contribution in [1.82, 2.24) is 9.62 Å². The number of halogens is 3. The SMILES string of the molecule is COc1ccc(C(=O)NCCc2ccc(C(F)(F)F)cc2)cc1S(=O)(=O)N(C)C. The maximum Gasteiger partial charge on any atom is 0.416 e. The van der Waals surface area contributed by atoms with Crippen molar-refractivity contribution in [3.05, 3.63) is 59.2 Å². The molecule has 0 unspecified atom stereocenters. The third-order valence-corrected chi connectivity index (χ3v) is 6.00. The van der Waals surface area contributed by atoms with E-state index in [4.69, 9.17) is 4.74 Å². The molecule has 0 spiro atoms. The van der Waals surface area contributed by atoms with E-state index < -0.39 is 27.7 Å². The van der Waals surface area contributed by atoms with Crippen LogP contribution in [0.3, 0.4) is 0 Å². The normalized spacial score (nSPS) is 12.1. The molecule has 0 aliphatic rings. The van der Waals surface area contributed by atoms with Gasteiger partial charge in [0.1, 0.15) is 10.6 Å². The van der Waals surface area contributed by atoms with Gasteiger partial charge in [-0.05, 0) is 42.3 Å². The number of ether oxygens (including phenoxy) is 1. The molecule has 1 N–H and O–H groups in total. The van der Waals surface area contributed by atoms with Crippen molar-refractivity contribution in [2.45, 2.75) is 17.5 Å². The van der Waals surface area contributed by atoms with Crippen molar-refractivity contribution in [3.63, 3.8) is 0 Å². The van der Waals surface area contributed by atoms with Crippen LogP contribution in [0.2, 0.25) is 0 Å². The molecular weight excluding hydrogens is 409 g/mol. The fourth-order valence-corrected chi connectivity index (χ4v) is 3.57. The van der Waals surface area contributed by atoms with Gasteiger partial charge in [-0.15, -0.1) is 0 Å². The highest BCUT2D eigenvalue weighted by atomic mass is 32.2. The van der Waals surface area contributed by atoms with Crippen LogP contribution in [-0.4, -0.2) is 46.4 Å². The second-order valence-corrected chi connectivity index (χ2v) is 8.47. The van der Waals surface area contributed by atoms with Crippen molar-refractivity contribution < 1.29 is 31.1 Å². The summed E-state index contributed by atoms with van der Waals surface area (Å²) in [7, 11) is 0.242. The van der Waals surface area contributed by atoms with E-state index in [0.717, 1.165) is 16.4 Å². The van der Waals surface area contributed by atoms with Crippen molar-refractivity contribution in [3.8, 4) is 5.75 Å². The molecule has 0 radical (unpaired) electrons. The Balaban J connectivity index is 2.08. The van der Waals surface area contributed by atoms with Gasteiger partial charge < -0.3 is 10.1 Å². The van der Waals surface area contributed by atoms with E-state index >= 15 is 0 Å². The molecule has 0 aromatic heterocycles. The Labute approximate surface area is 167 Å². The molecule has 158 valence electrons. The second kappa shape index (κ2) is 8.83. The number of alkyl halides is 3. The fourth-order valence-electron chi connectivity index (χ4n) is 2.50. The largest absolute Gasteiger partial charge is 0.495 e. The highest BCUT2D eigenvalue weighted by molar-refractivity contribution is 7.89. The molecule has 0 bridgehead atoms. The standard InChI is InChI=1S/C19H21F3N2O4S/c1-24(2)29(26,27)17-12-14(6-9-16(17)28-3)18(25)23-11-10-13-4-7-15(8-5-13)19(20,21)22/h4-9,12H,10-11H2,1-3H3,(H,23,25). The lowest BCUT2D eigenvalue weighted by molar-refractivity contribution is -0.137. The zero-order valence-electron chi connectivity index (χ0n) is 16.1. The van der Waals surface area contributed by atoms with Crippen molar-refractivity contribution >= 4 is 15.9 Å². The van der Waals surface area contributed by atoms with Gasteiger partial charge in [-0.1, -0.05) is 12.1 Å². The average Bonchev–Trinajstić information content (AvgIpc) is 2.66. The lowest BCUT2D eigenvalue weighted by atomic mass is 10.1. The Morgan fingerprint density at radius 3 is 2.24 bits per heavy atom. The zero-order valence-corrected chi connectivity index (χ0v) is 16.9. The molecule has 10 heteroatoms. The van der Waals surface area contributed by atoms with E-state index in [0.29, 0.717) is 12.0 Å². The summed E-state index contributed by atoms with van der Waals surface area (Å²) >= 11 is 0. The van der Waals surface area contributed by atoms with Gasteiger partial charge in [0.2, 0.25) is 10.0 Å². The molecule has 6 nitrogen and oxygen atoms in total. The number of nitrogens with one attached hydrogen (secondary N) is 1. The zero-order chi connectivity index (χ0) is 21.8. The first-order valence-corrected chi connectivity index (χ1v) is 9.95. The van der Waals surface area contributed by atoms with Gasteiger partial charge in [0.15, 0.2) is 0 Å². The van der Waals surface area contributed by atoms with E-state index in [2.05, 4.69) is 5.32 Å². The summed E-state index contributed by atoms with van der Waals surface area (Å²) < 4.78 is 68.6. The summed E-state index contributed by atoms with van der Waals surface area (Å²) in [5.74, 6) is -0.394. The Morgan fingerprint density at radius 1 is 1.10 bits per heavy atom.